The highest BCUT2D eigenvalue weighted by Crippen LogP contribution is 2.66. The maximum absolute atomic E-state index is 12.0. The van der Waals surface area contributed by atoms with Crippen molar-refractivity contribution < 1.29 is 56.3 Å². The summed E-state index contributed by atoms with van der Waals surface area (Å²) in [5.41, 5.74) is -2.94. The third-order valence-electron chi connectivity index (χ3n) is 4.35. The molecule has 0 aliphatic carbocycles. The molecule has 0 saturated carbocycles. The zero-order valence-electron chi connectivity index (χ0n) is 16.1. The topological polar surface area (TPSA) is 244 Å². The normalized spacial score (nSPS) is 28.2. The van der Waals surface area contributed by atoms with E-state index < -0.39 is 59.3 Å². The first kappa shape index (κ1) is 26.3. The van der Waals surface area contributed by atoms with Crippen LogP contribution in [0, 0.1) is 6.92 Å². The molecular formula is C12H21N2O14P3. The van der Waals surface area contributed by atoms with Crippen LogP contribution in [-0.2, 0) is 31.6 Å². The molecule has 1 aromatic rings. The van der Waals surface area contributed by atoms with E-state index in [2.05, 4.69) is 18.1 Å². The molecule has 1 saturated heterocycles. The molecule has 5 atom stereocenters. The molecule has 1 aliphatic rings. The molecular weight excluding hydrogens is 489 g/mol. The van der Waals surface area contributed by atoms with Crippen molar-refractivity contribution in [3.8, 4) is 0 Å². The van der Waals surface area contributed by atoms with E-state index >= 15 is 0 Å². The van der Waals surface area contributed by atoms with Crippen LogP contribution in [0.5, 0.6) is 0 Å². The maximum atomic E-state index is 12.0. The van der Waals surface area contributed by atoms with Crippen molar-refractivity contribution in [2.24, 2.45) is 0 Å². The van der Waals surface area contributed by atoms with Gasteiger partial charge in [-0.2, -0.15) is 8.62 Å². The number of aliphatic hydroxyl groups excluding tert-OH is 1. The summed E-state index contributed by atoms with van der Waals surface area (Å²) in [5.74, 6) is 0. The van der Waals surface area contributed by atoms with E-state index in [1.807, 2.05) is 0 Å². The van der Waals surface area contributed by atoms with Crippen LogP contribution in [0.2, 0.25) is 0 Å². The predicted molar refractivity (Wildman–Crippen MR) is 99.6 cm³/mol. The van der Waals surface area contributed by atoms with Gasteiger partial charge in [-0.1, -0.05) is 6.92 Å². The number of rotatable bonds is 9. The van der Waals surface area contributed by atoms with Crippen molar-refractivity contribution in [2.75, 3.05) is 6.61 Å². The van der Waals surface area contributed by atoms with Crippen molar-refractivity contribution in [3.05, 3.63) is 32.6 Å². The Morgan fingerprint density at radius 2 is 1.81 bits per heavy atom. The number of ether oxygens (including phenoxy) is 1. The SMILES string of the molecule is CC[C@]1(COP(=O)(O)OP(=O)(O)OP(=O)(O)O)O[C@@H](n2cc(C)c(=O)[nH]c2=O)C[C@@H]1O. The number of aryl methyl sites for hydroxylation is 1. The highest BCUT2D eigenvalue weighted by atomic mass is 31.3. The van der Waals surface area contributed by atoms with E-state index in [1.165, 1.54) is 20.0 Å². The van der Waals surface area contributed by atoms with E-state index in [9.17, 15) is 38.2 Å². The minimum absolute atomic E-state index is 0.0302. The van der Waals surface area contributed by atoms with Gasteiger partial charge in [-0.3, -0.25) is 18.9 Å². The van der Waals surface area contributed by atoms with Gasteiger partial charge < -0.3 is 29.4 Å². The quantitative estimate of drug-likeness (QED) is 0.232. The van der Waals surface area contributed by atoms with Gasteiger partial charge in [0, 0.05) is 18.2 Å². The van der Waals surface area contributed by atoms with Gasteiger partial charge in [0.1, 0.15) is 11.8 Å². The maximum Gasteiger partial charge on any atom is 0.490 e. The van der Waals surface area contributed by atoms with Crippen LogP contribution < -0.4 is 11.2 Å². The van der Waals surface area contributed by atoms with Gasteiger partial charge in [-0.15, -0.1) is 0 Å². The minimum atomic E-state index is -5.70. The van der Waals surface area contributed by atoms with Gasteiger partial charge in [0.25, 0.3) is 5.56 Å². The largest absolute Gasteiger partial charge is 0.490 e. The molecule has 16 nitrogen and oxygen atoms in total. The van der Waals surface area contributed by atoms with E-state index in [0.29, 0.717) is 0 Å². The summed E-state index contributed by atoms with van der Waals surface area (Å²) in [5, 5.41) is 10.4. The van der Waals surface area contributed by atoms with Gasteiger partial charge in [0.15, 0.2) is 0 Å². The molecule has 0 bridgehead atoms. The van der Waals surface area contributed by atoms with E-state index in [0.717, 1.165) is 4.57 Å². The molecule has 2 rings (SSSR count). The zero-order chi connectivity index (χ0) is 23.8. The van der Waals surface area contributed by atoms with Gasteiger partial charge in [0.05, 0.1) is 12.7 Å². The molecule has 178 valence electrons. The molecule has 0 aromatic carbocycles. The molecule has 6 N–H and O–H groups in total. The summed E-state index contributed by atoms with van der Waals surface area (Å²) >= 11 is 0. The first-order valence-corrected chi connectivity index (χ1v) is 13.0. The Balaban J connectivity index is 2.18. The second-order valence-corrected chi connectivity index (χ2v) is 11.0. The second kappa shape index (κ2) is 9.10. The lowest BCUT2D eigenvalue weighted by atomic mass is 9.95. The number of nitrogens with zero attached hydrogens (tertiary/aromatic N) is 1. The van der Waals surface area contributed by atoms with E-state index in [4.69, 9.17) is 14.5 Å². The van der Waals surface area contributed by atoms with E-state index in [-0.39, 0.29) is 18.4 Å². The summed E-state index contributed by atoms with van der Waals surface area (Å²) < 4.78 is 52.5. The number of H-pyrrole nitrogens is 1. The monoisotopic (exact) mass is 510 g/mol. The molecule has 2 unspecified atom stereocenters. The molecule has 0 radical (unpaired) electrons. The first-order chi connectivity index (χ1) is 14.0. The molecule has 0 spiro atoms. The van der Waals surface area contributed by atoms with Crippen LogP contribution in [0.4, 0.5) is 0 Å². The van der Waals surface area contributed by atoms with Crippen LogP contribution in [0.3, 0.4) is 0 Å². The molecule has 1 aromatic heterocycles. The van der Waals surface area contributed by atoms with E-state index in [1.54, 1.807) is 0 Å². The molecule has 1 aliphatic heterocycles. The van der Waals surface area contributed by atoms with Crippen molar-refractivity contribution in [2.45, 2.75) is 44.6 Å². The molecule has 2 heterocycles. The Kier molecular flexibility index (Phi) is 7.71. The minimum Gasteiger partial charge on any atom is -0.390 e. The molecule has 1 fully saturated rings. The number of nitrogens with one attached hydrogen (secondary N) is 1. The Labute approximate surface area is 173 Å². The van der Waals surface area contributed by atoms with Gasteiger partial charge in [-0.05, 0) is 13.3 Å². The fraction of sp³-hybridized carbons (Fsp3) is 0.667. The van der Waals surface area contributed by atoms with Crippen molar-refractivity contribution in [3.63, 3.8) is 0 Å². The standard InChI is InChI=1S/C12H21N2O14P3/c1-3-12(6-25-30(21,22)28-31(23,24)27-29(18,19)20)8(15)4-9(26-12)14-5-7(2)10(16)13-11(14)17/h5,8-9,15H,3-4,6H2,1-2H3,(H,21,22)(H,23,24)(H,13,16,17)(H2,18,19,20)/t8-,9+,12+/m0/s1. The summed E-state index contributed by atoms with van der Waals surface area (Å²) in [7, 11) is -16.7. The fourth-order valence-electron chi connectivity index (χ4n) is 2.82. The van der Waals surface area contributed by atoms with Crippen molar-refractivity contribution in [1.82, 2.24) is 9.55 Å². The average Bonchev–Trinajstić information content (AvgIpc) is 2.90. The lowest BCUT2D eigenvalue weighted by Crippen LogP contribution is -2.43. The van der Waals surface area contributed by atoms with Gasteiger partial charge >= 0.3 is 29.2 Å². The van der Waals surface area contributed by atoms with Crippen LogP contribution in [0.1, 0.15) is 31.6 Å². The predicted octanol–water partition coefficient (Wildman–Crippen LogP) is -0.383. The zero-order valence-corrected chi connectivity index (χ0v) is 18.7. The molecule has 31 heavy (non-hydrogen) atoms. The lowest BCUT2D eigenvalue weighted by Gasteiger charge is -2.31. The van der Waals surface area contributed by atoms with Gasteiger partial charge in [0.2, 0.25) is 0 Å². The van der Waals surface area contributed by atoms with Crippen molar-refractivity contribution in [1.29, 1.82) is 0 Å². The number of phosphoric ester groups is 1. The Hall–Kier alpha value is -0.990. The van der Waals surface area contributed by atoms with Crippen LogP contribution >= 0.6 is 23.5 Å². The Bertz CT molecular complexity index is 1080. The van der Waals surface area contributed by atoms with Crippen molar-refractivity contribution >= 4 is 23.5 Å². The number of hydrogen-bond donors (Lipinski definition) is 6. The lowest BCUT2D eigenvalue weighted by molar-refractivity contribution is -0.128. The highest BCUT2D eigenvalue weighted by Gasteiger charge is 2.50. The summed E-state index contributed by atoms with van der Waals surface area (Å²) in [6, 6.07) is 0. The fourth-order valence-corrected chi connectivity index (χ4v) is 5.90. The van der Waals surface area contributed by atoms with Crippen LogP contribution in [0.15, 0.2) is 15.8 Å². The Morgan fingerprint density at radius 3 is 2.35 bits per heavy atom. The number of aliphatic hydroxyl groups is 1. The molecule has 0 amide bonds. The number of hydrogen-bond acceptors (Lipinski definition) is 10. The second-order valence-electron chi connectivity index (χ2n) is 6.59. The van der Waals surface area contributed by atoms with Crippen LogP contribution in [-0.4, -0.2) is 52.5 Å². The first-order valence-electron chi connectivity index (χ1n) is 8.45. The van der Waals surface area contributed by atoms with Gasteiger partial charge in [-0.25, -0.2) is 18.5 Å². The summed E-state index contributed by atoms with van der Waals surface area (Å²) in [6.07, 6.45) is -1.46. The average molecular weight is 510 g/mol. The number of phosphoric acid groups is 3. The van der Waals surface area contributed by atoms with Crippen LogP contribution in [0.25, 0.3) is 0 Å². The third kappa shape index (κ3) is 6.75. The summed E-state index contributed by atoms with van der Waals surface area (Å²) in [4.78, 5) is 61.5. The molecule has 19 heteroatoms. The number of aromatic amines is 1. The highest BCUT2D eigenvalue weighted by molar-refractivity contribution is 7.66. The Morgan fingerprint density at radius 1 is 1.19 bits per heavy atom. The smallest absolute Gasteiger partial charge is 0.390 e. The third-order valence-corrected chi connectivity index (χ3v) is 8.13. The summed E-state index contributed by atoms with van der Waals surface area (Å²) in [6.45, 7) is 2.05. The number of aromatic nitrogens is 2.